The Labute approximate surface area is 105 Å². The van der Waals surface area contributed by atoms with E-state index >= 15 is 0 Å². The fourth-order valence-corrected chi connectivity index (χ4v) is 3.06. The zero-order valence-corrected chi connectivity index (χ0v) is 11.3. The van der Waals surface area contributed by atoms with Gasteiger partial charge in [-0.3, -0.25) is 0 Å². The van der Waals surface area contributed by atoms with Gasteiger partial charge in [0.2, 0.25) is 0 Å². The molecule has 0 saturated heterocycles. The molecule has 17 heavy (non-hydrogen) atoms. The number of hydrogen-bond donors (Lipinski definition) is 0. The Hall–Kier alpha value is -0.820. The van der Waals surface area contributed by atoms with Crippen LogP contribution >= 0.6 is 0 Å². The quantitative estimate of drug-likeness (QED) is 0.741. The fraction of sp³-hybridized carbons (Fsp3) is 0.625. The molecule has 0 N–H and O–H groups in total. The van der Waals surface area contributed by atoms with Crippen molar-refractivity contribution in [1.29, 1.82) is 0 Å². The van der Waals surface area contributed by atoms with E-state index in [9.17, 15) is 0 Å². The Morgan fingerprint density at radius 3 is 2.82 bits per heavy atom. The SMILES string of the molecule is CCOCc1cccc(C2CCCC2(C)C)c1. The zero-order chi connectivity index (χ0) is 12.3. The molecule has 1 atom stereocenters. The average Bonchev–Trinajstić information content (AvgIpc) is 2.67. The largest absolute Gasteiger partial charge is 0.377 e. The van der Waals surface area contributed by atoms with E-state index in [4.69, 9.17) is 4.74 Å². The summed E-state index contributed by atoms with van der Waals surface area (Å²) >= 11 is 0. The Kier molecular flexibility index (Phi) is 3.88. The van der Waals surface area contributed by atoms with Crippen LogP contribution in [0, 0.1) is 5.41 Å². The van der Waals surface area contributed by atoms with Gasteiger partial charge >= 0.3 is 0 Å². The van der Waals surface area contributed by atoms with E-state index in [1.807, 2.05) is 6.92 Å². The van der Waals surface area contributed by atoms with Crippen molar-refractivity contribution in [3.05, 3.63) is 35.4 Å². The van der Waals surface area contributed by atoms with Crippen molar-refractivity contribution in [2.45, 2.75) is 52.6 Å². The van der Waals surface area contributed by atoms with Crippen LogP contribution in [0.15, 0.2) is 24.3 Å². The van der Waals surface area contributed by atoms with Gasteiger partial charge in [0.15, 0.2) is 0 Å². The minimum absolute atomic E-state index is 0.463. The Morgan fingerprint density at radius 1 is 1.35 bits per heavy atom. The first-order valence-corrected chi connectivity index (χ1v) is 6.80. The van der Waals surface area contributed by atoms with Crippen LogP contribution in [0.25, 0.3) is 0 Å². The summed E-state index contributed by atoms with van der Waals surface area (Å²) in [5.41, 5.74) is 3.28. The standard InChI is InChI=1S/C16H24O/c1-4-17-12-13-7-5-8-14(11-13)15-9-6-10-16(15,2)3/h5,7-8,11,15H,4,6,9-10,12H2,1-3H3. The second-order valence-corrected chi connectivity index (χ2v) is 5.82. The molecule has 1 aliphatic rings. The summed E-state index contributed by atoms with van der Waals surface area (Å²) in [7, 11) is 0. The maximum atomic E-state index is 5.49. The van der Waals surface area contributed by atoms with E-state index in [2.05, 4.69) is 38.1 Å². The average molecular weight is 232 g/mol. The van der Waals surface area contributed by atoms with E-state index in [1.165, 1.54) is 30.4 Å². The molecule has 1 heteroatoms. The molecule has 1 unspecified atom stereocenters. The lowest BCUT2D eigenvalue weighted by Gasteiger charge is -2.27. The topological polar surface area (TPSA) is 9.23 Å². The lowest BCUT2D eigenvalue weighted by Crippen LogP contribution is -2.15. The van der Waals surface area contributed by atoms with Crippen molar-refractivity contribution in [2.24, 2.45) is 5.41 Å². The van der Waals surface area contributed by atoms with Gasteiger partial charge in [-0.2, -0.15) is 0 Å². The van der Waals surface area contributed by atoms with Crippen molar-refractivity contribution < 1.29 is 4.74 Å². The molecule has 0 bridgehead atoms. The molecule has 0 amide bonds. The highest BCUT2D eigenvalue weighted by Crippen LogP contribution is 2.48. The summed E-state index contributed by atoms with van der Waals surface area (Å²) < 4.78 is 5.49. The van der Waals surface area contributed by atoms with Crippen LogP contribution in [-0.2, 0) is 11.3 Å². The normalized spacial score (nSPS) is 22.9. The Morgan fingerprint density at radius 2 is 2.18 bits per heavy atom. The van der Waals surface area contributed by atoms with Crippen molar-refractivity contribution in [2.75, 3.05) is 6.61 Å². The molecule has 1 fully saturated rings. The number of ether oxygens (including phenoxy) is 1. The van der Waals surface area contributed by atoms with Crippen LogP contribution < -0.4 is 0 Å². The van der Waals surface area contributed by atoms with E-state index in [1.54, 1.807) is 0 Å². The molecule has 0 aliphatic heterocycles. The molecular weight excluding hydrogens is 208 g/mol. The summed E-state index contributed by atoms with van der Waals surface area (Å²) in [6.45, 7) is 8.39. The van der Waals surface area contributed by atoms with Crippen LogP contribution in [0.4, 0.5) is 0 Å². The van der Waals surface area contributed by atoms with Gasteiger partial charge in [0.25, 0.3) is 0 Å². The first-order valence-electron chi connectivity index (χ1n) is 6.80. The van der Waals surface area contributed by atoms with Crippen molar-refractivity contribution in [3.8, 4) is 0 Å². The molecule has 0 spiro atoms. The van der Waals surface area contributed by atoms with Crippen molar-refractivity contribution in [3.63, 3.8) is 0 Å². The fourth-order valence-electron chi connectivity index (χ4n) is 3.06. The van der Waals surface area contributed by atoms with Crippen LogP contribution in [0.2, 0.25) is 0 Å². The minimum Gasteiger partial charge on any atom is -0.377 e. The van der Waals surface area contributed by atoms with Gasteiger partial charge in [0.05, 0.1) is 6.61 Å². The molecule has 94 valence electrons. The highest BCUT2D eigenvalue weighted by molar-refractivity contribution is 5.28. The van der Waals surface area contributed by atoms with E-state index < -0.39 is 0 Å². The van der Waals surface area contributed by atoms with E-state index in [-0.39, 0.29) is 0 Å². The predicted octanol–water partition coefficient (Wildman–Crippen LogP) is 4.52. The zero-order valence-electron chi connectivity index (χ0n) is 11.3. The van der Waals surface area contributed by atoms with Crippen LogP contribution in [0.5, 0.6) is 0 Å². The van der Waals surface area contributed by atoms with Gasteiger partial charge in [-0.25, -0.2) is 0 Å². The summed E-state index contributed by atoms with van der Waals surface area (Å²) in [6, 6.07) is 8.97. The molecule has 0 radical (unpaired) electrons. The molecule has 1 aliphatic carbocycles. The highest BCUT2D eigenvalue weighted by atomic mass is 16.5. The second-order valence-electron chi connectivity index (χ2n) is 5.82. The minimum atomic E-state index is 0.463. The third-order valence-electron chi connectivity index (χ3n) is 4.08. The van der Waals surface area contributed by atoms with Crippen LogP contribution in [0.1, 0.15) is 57.1 Å². The summed E-state index contributed by atoms with van der Waals surface area (Å²) in [5, 5.41) is 0. The molecule has 2 rings (SSSR count). The molecular formula is C16H24O. The van der Waals surface area contributed by atoms with Gasteiger partial charge in [-0.1, -0.05) is 44.5 Å². The highest BCUT2D eigenvalue weighted by Gasteiger charge is 2.35. The molecule has 1 saturated carbocycles. The maximum absolute atomic E-state index is 5.49. The lowest BCUT2D eigenvalue weighted by molar-refractivity contribution is 0.134. The Balaban J connectivity index is 2.15. The van der Waals surface area contributed by atoms with Crippen LogP contribution in [0.3, 0.4) is 0 Å². The van der Waals surface area contributed by atoms with E-state index in [0.717, 1.165) is 19.1 Å². The summed E-state index contributed by atoms with van der Waals surface area (Å²) in [5.74, 6) is 0.726. The van der Waals surface area contributed by atoms with Crippen molar-refractivity contribution in [1.82, 2.24) is 0 Å². The molecule has 0 aromatic heterocycles. The molecule has 0 heterocycles. The number of benzene rings is 1. The van der Waals surface area contributed by atoms with Gasteiger partial charge in [-0.15, -0.1) is 0 Å². The first-order chi connectivity index (χ1) is 8.13. The van der Waals surface area contributed by atoms with Gasteiger partial charge in [-0.05, 0) is 42.2 Å². The molecule has 1 nitrogen and oxygen atoms in total. The number of hydrogen-bond acceptors (Lipinski definition) is 1. The van der Waals surface area contributed by atoms with Gasteiger partial charge in [0.1, 0.15) is 0 Å². The third kappa shape index (κ3) is 2.90. The monoisotopic (exact) mass is 232 g/mol. The predicted molar refractivity (Wildman–Crippen MR) is 72.1 cm³/mol. The maximum Gasteiger partial charge on any atom is 0.0716 e. The number of rotatable bonds is 4. The Bertz CT molecular complexity index is 368. The second kappa shape index (κ2) is 5.22. The van der Waals surface area contributed by atoms with E-state index in [0.29, 0.717) is 5.41 Å². The lowest BCUT2D eigenvalue weighted by atomic mass is 9.77. The smallest absolute Gasteiger partial charge is 0.0716 e. The first kappa shape index (κ1) is 12.6. The third-order valence-corrected chi connectivity index (χ3v) is 4.08. The van der Waals surface area contributed by atoms with Gasteiger partial charge < -0.3 is 4.74 Å². The molecule has 1 aromatic rings. The van der Waals surface area contributed by atoms with Crippen molar-refractivity contribution >= 4 is 0 Å². The summed E-state index contributed by atoms with van der Waals surface area (Å²) in [6.07, 6.45) is 4.06. The summed E-state index contributed by atoms with van der Waals surface area (Å²) in [4.78, 5) is 0. The molecule has 1 aromatic carbocycles. The van der Waals surface area contributed by atoms with Gasteiger partial charge in [0, 0.05) is 6.61 Å². The van der Waals surface area contributed by atoms with Crippen LogP contribution in [-0.4, -0.2) is 6.61 Å².